The third-order valence-electron chi connectivity index (χ3n) is 1.95. The van der Waals surface area contributed by atoms with E-state index in [9.17, 15) is 4.79 Å². The van der Waals surface area contributed by atoms with Gasteiger partial charge in [0.1, 0.15) is 5.75 Å². The smallest absolute Gasteiger partial charge is 0.315 e. The van der Waals surface area contributed by atoms with Gasteiger partial charge in [0.25, 0.3) is 0 Å². The summed E-state index contributed by atoms with van der Waals surface area (Å²) >= 11 is 4.91. The fourth-order valence-electron chi connectivity index (χ4n) is 1.16. The number of hydrogen-bond acceptors (Lipinski definition) is 4. The maximum atomic E-state index is 10.9. The van der Waals surface area contributed by atoms with Crippen LogP contribution in [0.25, 0.3) is 0 Å². The number of rotatable bonds is 5. The minimum absolute atomic E-state index is 0.209. The predicted molar refractivity (Wildman–Crippen MR) is 68.9 cm³/mol. The van der Waals surface area contributed by atoms with E-state index >= 15 is 0 Å². The number of halogens is 1. The van der Waals surface area contributed by atoms with Crippen molar-refractivity contribution in [2.45, 2.75) is 5.75 Å². The van der Waals surface area contributed by atoms with Gasteiger partial charge in [0, 0.05) is 15.8 Å². The second-order valence-corrected chi connectivity index (χ2v) is 4.93. The van der Waals surface area contributed by atoms with Crippen molar-refractivity contribution in [2.24, 2.45) is 0 Å². The Bertz CT molecular complexity index is 368. The largest absolute Gasteiger partial charge is 0.496 e. The standard InChI is InChI=1S/C11H13BrO3S/c1-14-10-4-3-9(12)5-8(10)6-16-7-11(13)15-2/h3-5H,6-7H2,1-2H3. The number of hydrogen-bond donors (Lipinski definition) is 0. The minimum Gasteiger partial charge on any atom is -0.496 e. The van der Waals surface area contributed by atoms with Gasteiger partial charge in [-0.3, -0.25) is 4.79 Å². The van der Waals surface area contributed by atoms with E-state index in [0.717, 1.165) is 21.5 Å². The molecule has 0 saturated heterocycles. The van der Waals surface area contributed by atoms with Gasteiger partial charge in [-0.05, 0) is 18.2 Å². The van der Waals surface area contributed by atoms with Crippen LogP contribution in [0.4, 0.5) is 0 Å². The molecule has 3 nitrogen and oxygen atoms in total. The molecule has 0 aliphatic rings. The highest BCUT2D eigenvalue weighted by atomic mass is 79.9. The van der Waals surface area contributed by atoms with Crippen molar-refractivity contribution in [3.8, 4) is 5.75 Å². The Morgan fingerprint density at radius 1 is 1.44 bits per heavy atom. The lowest BCUT2D eigenvalue weighted by Gasteiger charge is -2.08. The maximum absolute atomic E-state index is 10.9. The lowest BCUT2D eigenvalue weighted by Crippen LogP contribution is -2.03. The zero-order valence-electron chi connectivity index (χ0n) is 9.16. The molecule has 0 saturated carbocycles. The zero-order chi connectivity index (χ0) is 12.0. The molecule has 0 unspecified atom stereocenters. The average Bonchev–Trinajstić information content (AvgIpc) is 2.29. The zero-order valence-corrected chi connectivity index (χ0v) is 11.6. The Labute approximate surface area is 108 Å². The van der Waals surface area contributed by atoms with E-state index in [1.54, 1.807) is 7.11 Å². The summed E-state index contributed by atoms with van der Waals surface area (Å²) in [6.45, 7) is 0. The van der Waals surface area contributed by atoms with Crippen LogP contribution in [0.1, 0.15) is 5.56 Å². The molecule has 0 heterocycles. The summed E-state index contributed by atoms with van der Waals surface area (Å²) in [6, 6.07) is 5.81. The fraction of sp³-hybridized carbons (Fsp3) is 0.364. The number of ether oxygens (including phenoxy) is 2. The van der Waals surface area contributed by atoms with E-state index in [1.165, 1.54) is 18.9 Å². The third kappa shape index (κ3) is 4.06. The van der Waals surface area contributed by atoms with Crippen LogP contribution in [-0.2, 0) is 15.3 Å². The molecule has 0 fully saturated rings. The van der Waals surface area contributed by atoms with Crippen LogP contribution in [0, 0.1) is 0 Å². The highest BCUT2D eigenvalue weighted by molar-refractivity contribution is 9.10. The van der Waals surface area contributed by atoms with Crippen molar-refractivity contribution in [1.82, 2.24) is 0 Å². The van der Waals surface area contributed by atoms with E-state index in [2.05, 4.69) is 20.7 Å². The molecule has 0 aromatic heterocycles. The molecule has 0 spiro atoms. The SMILES string of the molecule is COC(=O)CSCc1cc(Br)ccc1OC. The van der Waals surface area contributed by atoms with E-state index in [-0.39, 0.29) is 5.97 Å². The normalized spacial score (nSPS) is 9.94. The summed E-state index contributed by atoms with van der Waals surface area (Å²) in [6.07, 6.45) is 0. The Morgan fingerprint density at radius 3 is 2.81 bits per heavy atom. The van der Waals surface area contributed by atoms with E-state index in [4.69, 9.17) is 4.74 Å². The molecule has 0 bridgehead atoms. The Morgan fingerprint density at radius 2 is 2.19 bits per heavy atom. The van der Waals surface area contributed by atoms with E-state index < -0.39 is 0 Å². The molecular weight excluding hydrogens is 292 g/mol. The first-order valence-corrected chi connectivity index (χ1v) is 6.59. The highest BCUT2D eigenvalue weighted by Gasteiger charge is 2.06. The topological polar surface area (TPSA) is 35.5 Å². The van der Waals surface area contributed by atoms with Gasteiger partial charge < -0.3 is 9.47 Å². The Balaban J connectivity index is 2.58. The third-order valence-corrected chi connectivity index (χ3v) is 3.40. The number of carbonyl (C=O) groups excluding carboxylic acids is 1. The van der Waals surface area contributed by atoms with Gasteiger partial charge in [-0.1, -0.05) is 15.9 Å². The summed E-state index contributed by atoms with van der Waals surface area (Å²) in [7, 11) is 3.03. The van der Waals surface area contributed by atoms with Crippen molar-refractivity contribution in [2.75, 3.05) is 20.0 Å². The van der Waals surface area contributed by atoms with Crippen molar-refractivity contribution < 1.29 is 14.3 Å². The highest BCUT2D eigenvalue weighted by Crippen LogP contribution is 2.26. The van der Waals surface area contributed by atoms with Crippen LogP contribution in [-0.4, -0.2) is 25.9 Å². The molecule has 0 N–H and O–H groups in total. The van der Waals surface area contributed by atoms with Crippen LogP contribution < -0.4 is 4.74 Å². The molecule has 16 heavy (non-hydrogen) atoms. The summed E-state index contributed by atoms with van der Waals surface area (Å²) in [5.41, 5.74) is 1.06. The number of esters is 1. The quantitative estimate of drug-likeness (QED) is 0.784. The molecule has 0 aliphatic carbocycles. The van der Waals surface area contributed by atoms with Crippen molar-refractivity contribution in [3.05, 3.63) is 28.2 Å². The Hall–Kier alpha value is -0.680. The van der Waals surface area contributed by atoms with E-state index in [1.807, 2.05) is 18.2 Å². The number of thioether (sulfide) groups is 1. The van der Waals surface area contributed by atoms with Crippen molar-refractivity contribution in [1.29, 1.82) is 0 Å². The molecular formula is C11H13BrO3S. The second kappa shape index (κ2) is 6.81. The molecule has 0 atom stereocenters. The molecule has 0 aliphatic heterocycles. The van der Waals surface area contributed by atoms with Crippen molar-refractivity contribution in [3.63, 3.8) is 0 Å². The summed E-state index contributed by atoms with van der Waals surface area (Å²) in [4.78, 5) is 10.9. The summed E-state index contributed by atoms with van der Waals surface area (Å²) < 4.78 is 10.8. The fourth-order valence-corrected chi connectivity index (χ4v) is 2.40. The first-order chi connectivity index (χ1) is 7.67. The number of carbonyl (C=O) groups is 1. The van der Waals surface area contributed by atoms with Gasteiger partial charge in [-0.15, -0.1) is 11.8 Å². The van der Waals surface area contributed by atoms with Crippen LogP contribution in [0.5, 0.6) is 5.75 Å². The van der Waals surface area contributed by atoms with Crippen LogP contribution in [0.3, 0.4) is 0 Å². The number of methoxy groups -OCH3 is 2. The monoisotopic (exact) mass is 304 g/mol. The summed E-state index contributed by atoms with van der Waals surface area (Å²) in [5.74, 6) is 1.70. The predicted octanol–water partition coefficient (Wildman–Crippen LogP) is 2.86. The minimum atomic E-state index is -0.209. The summed E-state index contributed by atoms with van der Waals surface area (Å²) in [5, 5.41) is 0. The molecule has 0 amide bonds. The van der Waals surface area contributed by atoms with Gasteiger partial charge in [-0.2, -0.15) is 0 Å². The van der Waals surface area contributed by atoms with E-state index in [0.29, 0.717) is 5.75 Å². The molecule has 1 rings (SSSR count). The van der Waals surface area contributed by atoms with Crippen molar-refractivity contribution >= 4 is 33.7 Å². The molecule has 88 valence electrons. The van der Waals surface area contributed by atoms with Crippen LogP contribution in [0.2, 0.25) is 0 Å². The lowest BCUT2D eigenvalue weighted by atomic mass is 10.2. The Kier molecular flexibility index (Phi) is 5.69. The first kappa shape index (κ1) is 13.4. The van der Waals surface area contributed by atoms with Crippen LogP contribution >= 0.6 is 27.7 Å². The molecule has 1 aromatic rings. The van der Waals surface area contributed by atoms with Crippen LogP contribution in [0.15, 0.2) is 22.7 Å². The average molecular weight is 305 g/mol. The van der Waals surface area contributed by atoms with Gasteiger partial charge >= 0.3 is 5.97 Å². The maximum Gasteiger partial charge on any atom is 0.315 e. The second-order valence-electron chi connectivity index (χ2n) is 3.03. The number of benzene rings is 1. The van der Waals surface area contributed by atoms with Gasteiger partial charge in [0.15, 0.2) is 0 Å². The lowest BCUT2D eigenvalue weighted by molar-refractivity contribution is -0.137. The molecule has 0 radical (unpaired) electrons. The van der Waals surface area contributed by atoms with Gasteiger partial charge in [0.2, 0.25) is 0 Å². The first-order valence-electron chi connectivity index (χ1n) is 4.64. The molecule has 1 aromatic carbocycles. The molecule has 5 heteroatoms. The van der Waals surface area contributed by atoms with Gasteiger partial charge in [-0.25, -0.2) is 0 Å². The van der Waals surface area contributed by atoms with Gasteiger partial charge in [0.05, 0.1) is 20.0 Å².